The molecule has 8 heteroatoms. The van der Waals surface area contributed by atoms with Gasteiger partial charge in [0.25, 0.3) is 0 Å². The van der Waals surface area contributed by atoms with Gasteiger partial charge in [0, 0.05) is 26.2 Å². The van der Waals surface area contributed by atoms with Gasteiger partial charge in [0.05, 0.1) is 13.4 Å². The lowest BCUT2D eigenvalue weighted by Crippen LogP contribution is -2.38. The van der Waals surface area contributed by atoms with Gasteiger partial charge in [0.2, 0.25) is 10.0 Å². The van der Waals surface area contributed by atoms with E-state index in [0.717, 1.165) is 37.5 Å². The van der Waals surface area contributed by atoms with E-state index in [0.29, 0.717) is 25.4 Å². The highest BCUT2D eigenvalue weighted by Gasteiger charge is 2.06. The molecule has 0 aliphatic heterocycles. The van der Waals surface area contributed by atoms with E-state index in [9.17, 15) is 8.42 Å². The van der Waals surface area contributed by atoms with Gasteiger partial charge in [-0.1, -0.05) is 19.1 Å². The second-order valence-corrected chi connectivity index (χ2v) is 8.00. The average Bonchev–Trinajstić information content (AvgIpc) is 2.60. The van der Waals surface area contributed by atoms with Gasteiger partial charge in [0.1, 0.15) is 5.75 Å². The second-order valence-electron chi connectivity index (χ2n) is 6.17. The molecule has 1 unspecified atom stereocenters. The Bertz CT molecular complexity index is 645. The lowest BCUT2D eigenvalue weighted by molar-refractivity contribution is 0.414. The first-order chi connectivity index (χ1) is 12.4. The lowest BCUT2D eigenvalue weighted by atomic mass is 9.98. The average molecular weight is 385 g/mol. The maximum absolute atomic E-state index is 11.0. The minimum absolute atomic E-state index is 0.399. The van der Waals surface area contributed by atoms with Crippen LogP contribution in [0, 0.1) is 0 Å². The normalized spacial score (nSPS) is 13.3. The van der Waals surface area contributed by atoms with Crippen LogP contribution >= 0.6 is 0 Å². The maximum Gasteiger partial charge on any atom is 0.208 e. The Labute approximate surface area is 157 Å². The predicted molar refractivity (Wildman–Crippen MR) is 107 cm³/mol. The van der Waals surface area contributed by atoms with Gasteiger partial charge in [-0.2, -0.15) is 0 Å². The summed E-state index contributed by atoms with van der Waals surface area (Å²) in [4.78, 5) is 4.47. The molecule has 0 radical (unpaired) electrons. The monoisotopic (exact) mass is 384 g/mol. The van der Waals surface area contributed by atoms with Crippen molar-refractivity contribution >= 4 is 16.0 Å². The van der Waals surface area contributed by atoms with Gasteiger partial charge in [-0.15, -0.1) is 0 Å². The molecule has 0 bridgehead atoms. The Morgan fingerprint density at radius 3 is 2.46 bits per heavy atom. The first kappa shape index (κ1) is 22.2. The molecule has 3 N–H and O–H groups in total. The summed E-state index contributed by atoms with van der Waals surface area (Å²) in [7, 11) is -1.46. The van der Waals surface area contributed by atoms with Crippen LogP contribution in [0.5, 0.6) is 5.75 Å². The highest BCUT2D eigenvalue weighted by atomic mass is 32.2. The molecule has 0 amide bonds. The van der Waals surface area contributed by atoms with Gasteiger partial charge in [-0.05, 0) is 43.4 Å². The molecule has 26 heavy (non-hydrogen) atoms. The van der Waals surface area contributed by atoms with Crippen LogP contribution in [0.1, 0.15) is 38.2 Å². The lowest BCUT2D eigenvalue weighted by Gasteiger charge is -2.15. The fourth-order valence-corrected chi connectivity index (χ4v) is 2.89. The van der Waals surface area contributed by atoms with Crippen molar-refractivity contribution < 1.29 is 13.2 Å². The molecule has 148 valence electrons. The zero-order valence-electron chi connectivity index (χ0n) is 16.2. The van der Waals surface area contributed by atoms with Crippen LogP contribution in [0.3, 0.4) is 0 Å². The van der Waals surface area contributed by atoms with Crippen molar-refractivity contribution in [2.75, 3.05) is 39.5 Å². The van der Waals surface area contributed by atoms with Crippen LogP contribution in [0.4, 0.5) is 0 Å². The largest absolute Gasteiger partial charge is 0.497 e. The molecule has 1 rings (SSSR count). The van der Waals surface area contributed by atoms with E-state index >= 15 is 0 Å². The summed E-state index contributed by atoms with van der Waals surface area (Å²) in [5.74, 6) is 2.05. The number of methoxy groups -OCH3 is 1. The second kappa shape index (κ2) is 11.7. The molecular formula is C18H32N4O3S. The zero-order chi connectivity index (χ0) is 19.4. The number of nitrogens with zero attached hydrogens (tertiary/aromatic N) is 1. The maximum atomic E-state index is 11.0. The third kappa shape index (κ3) is 9.62. The third-order valence-corrected chi connectivity index (χ3v) is 4.60. The molecule has 1 atom stereocenters. The van der Waals surface area contributed by atoms with E-state index in [4.69, 9.17) is 4.74 Å². The Kier molecular flexibility index (Phi) is 10.0. The molecule has 0 saturated heterocycles. The zero-order valence-corrected chi connectivity index (χ0v) is 17.0. The molecule has 0 fully saturated rings. The predicted octanol–water partition coefficient (Wildman–Crippen LogP) is 1.68. The summed E-state index contributed by atoms with van der Waals surface area (Å²) in [5.41, 5.74) is 1.28. The SMILES string of the molecule is CCNC(=NCCCNS(C)(=O)=O)NCCC(C)c1ccc(OC)cc1. The minimum atomic E-state index is -3.13. The van der Waals surface area contributed by atoms with Gasteiger partial charge in [-0.25, -0.2) is 13.1 Å². The first-order valence-corrected chi connectivity index (χ1v) is 10.9. The van der Waals surface area contributed by atoms with E-state index in [1.165, 1.54) is 5.56 Å². The van der Waals surface area contributed by atoms with Crippen molar-refractivity contribution in [2.24, 2.45) is 4.99 Å². The third-order valence-electron chi connectivity index (χ3n) is 3.87. The summed E-state index contributed by atoms with van der Waals surface area (Å²) in [6.45, 7) is 6.76. The minimum Gasteiger partial charge on any atom is -0.497 e. The molecule has 0 saturated carbocycles. The van der Waals surface area contributed by atoms with Crippen LogP contribution in [0.25, 0.3) is 0 Å². The Hall–Kier alpha value is -1.80. The number of benzene rings is 1. The summed E-state index contributed by atoms with van der Waals surface area (Å²) in [6.07, 6.45) is 2.80. The van der Waals surface area contributed by atoms with E-state index in [1.54, 1.807) is 7.11 Å². The van der Waals surface area contributed by atoms with E-state index in [-0.39, 0.29) is 0 Å². The number of aliphatic imine (C=N–C) groups is 1. The Morgan fingerprint density at radius 2 is 1.88 bits per heavy atom. The van der Waals surface area contributed by atoms with Crippen molar-refractivity contribution in [1.29, 1.82) is 0 Å². The van der Waals surface area contributed by atoms with Gasteiger partial charge in [0.15, 0.2) is 5.96 Å². The van der Waals surface area contributed by atoms with Crippen LogP contribution in [-0.2, 0) is 10.0 Å². The number of sulfonamides is 1. The van der Waals surface area contributed by atoms with E-state index in [2.05, 4.69) is 39.4 Å². The first-order valence-electron chi connectivity index (χ1n) is 8.96. The quantitative estimate of drug-likeness (QED) is 0.307. The highest BCUT2D eigenvalue weighted by Crippen LogP contribution is 2.21. The van der Waals surface area contributed by atoms with E-state index < -0.39 is 10.0 Å². The molecule has 0 spiro atoms. The van der Waals surface area contributed by atoms with Crippen molar-refractivity contribution in [2.45, 2.75) is 32.6 Å². The summed E-state index contributed by atoms with van der Waals surface area (Å²) >= 11 is 0. The summed E-state index contributed by atoms with van der Waals surface area (Å²) in [6, 6.07) is 8.15. The summed E-state index contributed by atoms with van der Waals surface area (Å²) < 4.78 is 29.7. The van der Waals surface area contributed by atoms with Crippen LogP contribution in [-0.4, -0.2) is 53.9 Å². The number of rotatable bonds is 11. The van der Waals surface area contributed by atoms with Crippen molar-refractivity contribution in [3.8, 4) is 5.75 Å². The fraction of sp³-hybridized carbons (Fsp3) is 0.611. The Morgan fingerprint density at radius 1 is 1.19 bits per heavy atom. The van der Waals surface area contributed by atoms with Gasteiger partial charge < -0.3 is 15.4 Å². The summed E-state index contributed by atoms with van der Waals surface area (Å²) in [5, 5.41) is 6.53. The van der Waals surface area contributed by atoms with Crippen molar-refractivity contribution in [1.82, 2.24) is 15.4 Å². The molecule has 0 aromatic heterocycles. The molecule has 0 heterocycles. The molecular weight excluding hydrogens is 352 g/mol. The van der Waals surface area contributed by atoms with Crippen LogP contribution in [0.15, 0.2) is 29.3 Å². The molecule has 0 aliphatic carbocycles. The van der Waals surface area contributed by atoms with Crippen molar-refractivity contribution in [3.63, 3.8) is 0 Å². The number of ether oxygens (including phenoxy) is 1. The Balaban J connectivity index is 2.38. The fourth-order valence-electron chi connectivity index (χ4n) is 2.38. The number of hydrogen-bond acceptors (Lipinski definition) is 4. The molecule has 0 aliphatic rings. The van der Waals surface area contributed by atoms with Crippen molar-refractivity contribution in [3.05, 3.63) is 29.8 Å². The standard InChI is InChI=1S/C18H32N4O3S/c1-5-19-18(20-12-6-13-22-26(4,23)24)21-14-11-15(2)16-7-9-17(25-3)10-8-16/h7-10,15,22H,5-6,11-14H2,1-4H3,(H2,19,20,21). The molecule has 1 aromatic carbocycles. The number of nitrogens with one attached hydrogen (secondary N) is 3. The molecule has 1 aromatic rings. The smallest absolute Gasteiger partial charge is 0.208 e. The highest BCUT2D eigenvalue weighted by molar-refractivity contribution is 7.88. The van der Waals surface area contributed by atoms with Gasteiger partial charge in [-0.3, -0.25) is 4.99 Å². The van der Waals surface area contributed by atoms with Crippen LogP contribution in [0.2, 0.25) is 0 Å². The number of hydrogen-bond donors (Lipinski definition) is 3. The van der Waals surface area contributed by atoms with E-state index in [1.807, 2.05) is 19.1 Å². The van der Waals surface area contributed by atoms with Crippen LogP contribution < -0.4 is 20.1 Å². The topological polar surface area (TPSA) is 91.8 Å². The molecule has 7 nitrogen and oxygen atoms in total. The van der Waals surface area contributed by atoms with Gasteiger partial charge >= 0.3 is 0 Å². The number of guanidine groups is 1.